The fourth-order valence-electron chi connectivity index (χ4n) is 3.41. The molecule has 0 saturated heterocycles. The summed E-state index contributed by atoms with van der Waals surface area (Å²) in [6.45, 7) is 3.04. The standard InChI is InChI=1S/C23H25F2NO2S2/c1-3-4-5-16-12-26(19-8-6-17(24)7-9-19)20-10-23(29-2)21(11-22(20)30-15-16)28-14-18(25)13-27/h6-11,13-14,16H,3-5,12,15H2,1-2H3/b18-14-. The first-order chi connectivity index (χ1) is 14.5. The van der Waals surface area contributed by atoms with E-state index in [1.165, 1.54) is 30.3 Å². The van der Waals surface area contributed by atoms with Gasteiger partial charge in [-0.1, -0.05) is 19.8 Å². The molecule has 30 heavy (non-hydrogen) atoms. The first-order valence-corrected chi connectivity index (χ1v) is 12.1. The maximum Gasteiger partial charge on any atom is 0.197 e. The van der Waals surface area contributed by atoms with Crippen molar-refractivity contribution < 1.29 is 18.3 Å². The molecular weight excluding hydrogens is 424 g/mol. The molecule has 0 spiro atoms. The zero-order valence-electron chi connectivity index (χ0n) is 17.1. The number of fused-ring (bicyclic) bond motifs is 1. The Morgan fingerprint density at radius 3 is 2.77 bits per heavy atom. The molecule has 160 valence electrons. The van der Waals surface area contributed by atoms with Crippen LogP contribution in [0.1, 0.15) is 26.2 Å². The molecule has 0 aromatic heterocycles. The average Bonchev–Trinajstić information content (AvgIpc) is 2.94. The van der Waals surface area contributed by atoms with Crippen LogP contribution in [0.2, 0.25) is 0 Å². The second-order valence-corrected chi connectivity index (χ2v) is 9.03. The first kappa shape index (κ1) is 22.7. The quantitative estimate of drug-likeness (QED) is 0.188. The van der Waals surface area contributed by atoms with Crippen LogP contribution in [-0.4, -0.2) is 24.8 Å². The second kappa shape index (κ2) is 10.9. The highest BCUT2D eigenvalue weighted by Crippen LogP contribution is 2.45. The van der Waals surface area contributed by atoms with Gasteiger partial charge in [0.05, 0.1) is 10.6 Å². The molecule has 0 amide bonds. The van der Waals surface area contributed by atoms with Gasteiger partial charge in [0.25, 0.3) is 0 Å². The van der Waals surface area contributed by atoms with Crippen molar-refractivity contribution in [2.24, 2.45) is 5.92 Å². The molecule has 0 aliphatic carbocycles. The van der Waals surface area contributed by atoms with Crippen LogP contribution < -0.4 is 9.64 Å². The number of nitrogens with zero attached hydrogens (tertiary/aromatic N) is 1. The van der Waals surface area contributed by atoms with E-state index in [1.54, 1.807) is 23.9 Å². The summed E-state index contributed by atoms with van der Waals surface area (Å²) in [4.78, 5) is 14.6. The minimum absolute atomic E-state index is 0.117. The van der Waals surface area contributed by atoms with Crippen LogP contribution in [0.4, 0.5) is 20.2 Å². The van der Waals surface area contributed by atoms with Crippen molar-refractivity contribution in [3.05, 3.63) is 54.3 Å². The molecule has 0 N–H and O–H groups in total. The van der Waals surface area contributed by atoms with Crippen molar-refractivity contribution >= 4 is 41.2 Å². The van der Waals surface area contributed by atoms with E-state index in [1.807, 2.05) is 18.4 Å². The number of allylic oxidation sites excluding steroid dienone is 1. The molecule has 1 atom stereocenters. The molecule has 2 aromatic carbocycles. The van der Waals surface area contributed by atoms with E-state index >= 15 is 0 Å². The van der Waals surface area contributed by atoms with E-state index in [-0.39, 0.29) is 12.1 Å². The number of unbranched alkanes of at least 4 members (excludes halogenated alkanes) is 1. The number of benzene rings is 2. The molecule has 0 fully saturated rings. The van der Waals surface area contributed by atoms with Gasteiger partial charge < -0.3 is 9.64 Å². The molecule has 7 heteroatoms. The zero-order chi connectivity index (χ0) is 21.5. The number of halogens is 2. The van der Waals surface area contributed by atoms with E-state index in [9.17, 15) is 13.6 Å². The van der Waals surface area contributed by atoms with Crippen LogP contribution >= 0.6 is 23.5 Å². The average molecular weight is 450 g/mol. The molecule has 1 aliphatic rings. The number of thioether (sulfide) groups is 2. The fraction of sp³-hybridized carbons (Fsp3) is 0.348. The first-order valence-electron chi connectivity index (χ1n) is 9.91. The summed E-state index contributed by atoms with van der Waals surface area (Å²) in [6.07, 6.45) is 6.31. The second-order valence-electron chi connectivity index (χ2n) is 7.12. The van der Waals surface area contributed by atoms with Gasteiger partial charge in [-0.25, -0.2) is 4.39 Å². The number of rotatable bonds is 8. The van der Waals surface area contributed by atoms with Gasteiger partial charge in [-0.3, -0.25) is 4.79 Å². The van der Waals surface area contributed by atoms with Gasteiger partial charge in [0.15, 0.2) is 12.1 Å². The summed E-state index contributed by atoms with van der Waals surface area (Å²) in [6, 6.07) is 10.5. The minimum Gasteiger partial charge on any atom is -0.461 e. The molecule has 1 aliphatic heterocycles. The Hall–Kier alpha value is -1.99. The Bertz CT molecular complexity index is 903. The zero-order valence-corrected chi connectivity index (χ0v) is 18.7. The molecule has 1 unspecified atom stereocenters. The summed E-state index contributed by atoms with van der Waals surface area (Å²) in [7, 11) is 0. The molecule has 3 rings (SSSR count). The number of carbonyl (C=O) groups is 1. The van der Waals surface area contributed by atoms with Crippen LogP contribution in [0.3, 0.4) is 0 Å². The third-order valence-electron chi connectivity index (χ3n) is 4.97. The van der Waals surface area contributed by atoms with Crippen molar-refractivity contribution in [2.75, 3.05) is 23.5 Å². The van der Waals surface area contributed by atoms with E-state index < -0.39 is 5.83 Å². The normalized spacial score (nSPS) is 16.7. The summed E-state index contributed by atoms with van der Waals surface area (Å²) in [5.74, 6) is 0.737. The lowest BCUT2D eigenvalue weighted by molar-refractivity contribution is -0.106. The van der Waals surface area contributed by atoms with Crippen molar-refractivity contribution in [1.29, 1.82) is 0 Å². The number of anilines is 2. The summed E-state index contributed by atoms with van der Waals surface area (Å²) < 4.78 is 32.2. The number of ether oxygens (including phenoxy) is 1. The highest BCUT2D eigenvalue weighted by Gasteiger charge is 2.25. The molecule has 0 bridgehead atoms. The lowest BCUT2D eigenvalue weighted by Crippen LogP contribution is -2.25. The number of aldehydes is 1. The van der Waals surface area contributed by atoms with Crippen LogP contribution in [0, 0.1) is 11.7 Å². The lowest BCUT2D eigenvalue weighted by atomic mass is 10.0. The van der Waals surface area contributed by atoms with E-state index in [0.717, 1.165) is 52.6 Å². The maximum atomic E-state index is 13.5. The number of carbonyl (C=O) groups excluding carboxylic acids is 1. The summed E-state index contributed by atoms with van der Waals surface area (Å²) in [5, 5.41) is 0. The van der Waals surface area contributed by atoms with Crippen molar-refractivity contribution in [3.63, 3.8) is 0 Å². The van der Waals surface area contributed by atoms with E-state index in [0.29, 0.717) is 11.7 Å². The predicted octanol–water partition coefficient (Wildman–Crippen LogP) is 6.99. The SMILES string of the molecule is CCCCC1CSc2cc(O/C=C(\F)C=O)c(SC)cc2N(c2ccc(F)cc2)C1. The third kappa shape index (κ3) is 5.58. The number of hydrogen-bond acceptors (Lipinski definition) is 5. The van der Waals surface area contributed by atoms with Crippen LogP contribution in [-0.2, 0) is 4.79 Å². The Morgan fingerprint density at radius 2 is 2.10 bits per heavy atom. The van der Waals surface area contributed by atoms with Crippen LogP contribution in [0.25, 0.3) is 0 Å². The van der Waals surface area contributed by atoms with E-state index in [4.69, 9.17) is 4.74 Å². The van der Waals surface area contributed by atoms with Crippen LogP contribution in [0.5, 0.6) is 5.75 Å². The van der Waals surface area contributed by atoms with Gasteiger partial charge in [0, 0.05) is 22.9 Å². The van der Waals surface area contributed by atoms with Gasteiger partial charge in [-0.15, -0.1) is 23.5 Å². The fourth-order valence-corrected chi connectivity index (χ4v) is 5.14. The molecule has 1 heterocycles. The molecule has 3 nitrogen and oxygen atoms in total. The summed E-state index contributed by atoms with van der Waals surface area (Å²) >= 11 is 3.24. The van der Waals surface area contributed by atoms with Crippen molar-refractivity contribution in [2.45, 2.75) is 36.0 Å². The van der Waals surface area contributed by atoms with Crippen molar-refractivity contribution in [3.8, 4) is 5.75 Å². The Balaban J connectivity index is 2.03. The van der Waals surface area contributed by atoms with Gasteiger partial charge in [0.1, 0.15) is 17.8 Å². The predicted molar refractivity (Wildman–Crippen MR) is 121 cm³/mol. The smallest absolute Gasteiger partial charge is 0.197 e. The maximum absolute atomic E-state index is 13.5. The van der Waals surface area contributed by atoms with Crippen LogP contribution in [0.15, 0.2) is 58.3 Å². The Kier molecular flexibility index (Phi) is 8.22. The molecule has 0 radical (unpaired) electrons. The molecule has 2 aromatic rings. The summed E-state index contributed by atoms with van der Waals surface area (Å²) in [5.41, 5.74) is 1.97. The minimum atomic E-state index is -0.961. The van der Waals surface area contributed by atoms with Crippen molar-refractivity contribution in [1.82, 2.24) is 0 Å². The Morgan fingerprint density at radius 1 is 1.33 bits per heavy atom. The highest BCUT2D eigenvalue weighted by molar-refractivity contribution is 7.99. The molecule has 0 saturated carbocycles. The highest BCUT2D eigenvalue weighted by atomic mass is 32.2. The number of hydrogen-bond donors (Lipinski definition) is 0. The largest absolute Gasteiger partial charge is 0.461 e. The monoisotopic (exact) mass is 449 g/mol. The topological polar surface area (TPSA) is 29.5 Å². The lowest BCUT2D eigenvalue weighted by Gasteiger charge is -2.28. The van der Waals surface area contributed by atoms with Gasteiger partial charge in [-0.2, -0.15) is 4.39 Å². The molecular formula is C23H25F2NO2S2. The Labute approximate surface area is 184 Å². The van der Waals surface area contributed by atoms with Gasteiger partial charge in [-0.05, 0) is 55.0 Å². The van der Waals surface area contributed by atoms with Gasteiger partial charge >= 0.3 is 0 Å². The van der Waals surface area contributed by atoms with E-state index in [2.05, 4.69) is 11.8 Å². The third-order valence-corrected chi connectivity index (χ3v) is 7.00. The van der Waals surface area contributed by atoms with Gasteiger partial charge in [0.2, 0.25) is 0 Å².